The van der Waals surface area contributed by atoms with E-state index in [1.54, 1.807) is 12.3 Å². The smallest absolute Gasteiger partial charge is 0.258 e. The minimum atomic E-state index is -0.305. The number of amides is 1. The Balaban J connectivity index is 1.69. The fourth-order valence-electron chi connectivity index (χ4n) is 2.91. The Morgan fingerprint density at radius 1 is 1.33 bits per heavy atom. The van der Waals surface area contributed by atoms with E-state index in [0.717, 1.165) is 11.3 Å². The van der Waals surface area contributed by atoms with Crippen molar-refractivity contribution in [3.8, 4) is 0 Å². The van der Waals surface area contributed by atoms with Crippen molar-refractivity contribution in [3.05, 3.63) is 63.5 Å². The van der Waals surface area contributed by atoms with Crippen LogP contribution in [0.4, 0.5) is 5.69 Å². The van der Waals surface area contributed by atoms with Crippen LogP contribution in [0.3, 0.4) is 0 Å². The Morgan fingerprint density at radius 3 is 3.04 bits per heavy atom. The first kappa shape index (κ1) is 15.0. The number of para-hydroxylation sites is 1. The predicted octanol–water partition coefficient (Wildman–Crippen LogP) is 2.10. The predicted molar refractivity (Wildman–Crippen MR) is 93.1 cm³/mol. The number of fused-ring (bicyclic) bond motifs is 2. The van der Waals surface area contributed by atoms with Crippen LogP contribution in [0.2, 0.25) is 0 Å². The second kappa shape index (κ2) is 5.85. The SMILES string of the molecule is CC1C(=O)Nc2ccccc2CN1Cc1cc(=O)n2ccsc2n1. The van der Waals surface area contributed by atoms with Gasteiger partial charge in [0.15, 0.2) is 4.96 Å². The number of hydrogen-bond donors (Lipinski definition) is 1. The van der Waals surface area contributed by atoms with E-state index in [4.69, 9.17) is 0 Å². The molecule has 1 aliphatic rings. The molecule has 6 nitrogen and oxygen atoms in total. The lowest BCUT2D eigenvalue weighted by atomic mass is 10.1. The van der Waals surface area contributed by atoms with E-state index in [-0.39, 0.29) is 17.5 Å². The second-order valence-electron chi connectivity index (χ2n) is 5.87. The Kier molecular flexibility index (Phi) is 3.66. The number of rotatable bonds is 2. The van der Waals surface area contributed by atoms with Gasteiger partial charge in [-0.25, -0.2) is 4.98 Å². The van der Waals surface area contributed by atoms with Gasteiger partial charge >= 0.3 is 0 Å². The van der Waals surface area contributed by atoms with Gasteiger partial charge in [0.05, 0.1) is 11.7 Å². The summed E-state index contributed by atoms with van der Waals surface area (Å²) in [7, 11) is 0. The van der Waals surface area contributed by atoms with Crippen LogP contribution in [0, 0.1) is 0 Å². The molecule has 1 atom stereocenters. The first-order valence-corrected chi connectivity index (χ1v) is 8.58. The van der Waals surface area contributed by atoms with Crippen molar-refractivity contribution in [1.82, 2.24) is 14.3 Å². The number of carbonyl (C=O) groups is 1. The molecule has 1 aliphatic heterocycles. The van der Waals surface area contributed by atoms with Crippen LogP contribution >= 0.6 is 11.3 Å². The van der Waals surface area contributed by atoms with E-state index in [0.29, 0.717) is 23.7 Å². The minimum absolute atomic E-state index is 0.0473. The number of nitrogens with zero attached hydrogens (tertiary/aromatic N) is 3. The van der Waals surface area contributed by atoms with Crippen LogP contribution in [-0.2, 0) is 17.9 Å². The van der Waals surface area contributed by atoms with Gasteiger partial charge in [-0.2, -0.15) is 0 Å². The van der Waals surface area contributed by atoms with Crippen molar-refractivity contribution in [3.63, 3.8) is 0 Å². The number of thiazole rings is 1. The summed E-state index contributed by atoms with van der Waals surface area (Å²) in [6.07, 6.45) is 1.72. The zero-order chi connectivity index (χ0) is 16.7. The Morgan fingerprint density at radius 2 is 2.17 bits per heavy atom. The van der Waals surface area contributed by atoms with Gasteiger partial charge in [-0.1, -0.05) is 18.2 Å². The minimum Gasteiger partial charge on any atom is -0.324 e. The van der Waals surface area contributed by atoms with Crippen molar-refractivity contribution in [2.75, 3.05) is 5.32 Å². The normalized spacial score (nSPS) is 18.2. The molecular formula is C17H16N4O2S. The molecule has 122 valence electrons. The molecule has 1 N–H and O–H groups in total. The maximum absolute atomic E-state index is 12.4. The van der Waals surface area contributed by atoms with Crippen LogP contribution < -0.4 is 10.9 Å². The van der Waals surface area contributed by atoms with Crippen molar-refractivity contribution in [2.45, 2.75) is 26.1 Å². The molecule has 0 aliphatic carbocycles. The molecule has 7 heteroatoms. The van der Waals surface area contributed by atoms with Gasteiger partial charge in [0.25, 0.3) is 5.56 Å². The van der Waals surface area contributed by atoms with Gasteiger partial charge in [-0.3, -0.25) is 18.9 Å². The molecule has 1 amide bonds. The summed E-state index contributed by atoms with van der Waals surface area (Å²) in [6, 6.07) is 9.02. The summed E-state index contributed by atoms with van der Waals surface area (Å²) >= 11 is 1.43. The summed E-state index contributed by atoms with van der Waals surface area (Å²) in [5.74, 6) is -0.0473. The van der Waals surface area contributed by atoms with Crippen LogP contribution in [0.15, 0.2) is 46.7 Å². The van der Waals surface area contributed by atoms with Crippen LogP contribution in [0.1, 0.15) is 18.2 Å². The Bertz CT molecular complexity index is 978. The highest BCUT2D eigenvalue weighted by Gasteiger charge is 2.27. The van der Waals surface area contributed by atoms with E-state index < -0.39 is 0 Å². The third kappa shape index (κ3) is 2.61. The molecule has 0 spiro atoms. The highest BCUT2D eigenvalue weighted by Crippen LogP contribution is 2.24. The summed E-state index contributed by atoms with van der Waals surface area (Å²) in [5, 5.41) is 4.80. The second-order valence-corrected chi connectivity index (χ2v) is 6.74. The molecule has 1 unspecified atom stereocenters. The lowest BCUT2D eigenvalue weighted by Gasteiger charge is -2.24. The number of carbonyl (C=O) groups excluding carboxylic acids is 1. The molecule has 0 saturated carbocycles. The molecule has 3 heterocycles. The summed E-state index contributed by atoms with van der Waals surface area (Å²) in [4.78, 5) is 31.8. The summed E-state index contributed by atoms with van der Waals surface area (Å²) in [5.41, 5.74) is 2.49. The topological polar surface area (TPSA) is 66.7 Å². The maximum Gasteiger partial charge on any atom is 0.258 e. The molecule has 4 rings (SSSR count). The highest BCUT2D eigenvalue weighted by atomic mass is 32.1. The van der Waals surface area contributed by atoms with Crippen molar-refractivity contribution in [2.24, 2.45) is 0 Å². The molecule has 3 aromatic rings. The van der Waals surface area contributed by atoms with Gasteiger partial charge in [0.1, 0.15) is 0 Å². The number of hydrogen-bond acceptors (Lipinski definition) is 5. The van der Waals surface area contributed by atoms with E-state index in [2.05, 4.69) is 10.3 Å². The average Bonchev–Trinajstić information content (AvgIpc) is 3.00. The standard InChI is InChI=1S/C17H16N4O2S/c1-11-16(23)19-14-5-3-2-4-12(14)9-20(11)10-13-8-15(22)21-6-7-24-17(21)18-13/h2-8,11H,9-10H2,1H3,(H,19,23). The lowest BCUT2D eigenvalue weighted by molar-refractivity contribution is -0.120. The average molecular weight is 340 g/mol. The largest absolute Gasteiger partial charge is 0.324 e. The molecule has 2 aromatic heterocycles. The fourth-order valence-corrected chi connectivity index (χ4v) is 3.65. The van der Waals surface area contributed by atoms with Crippen LogP contribution in [0.5, 0.6) is 0 Å². The summed E-state index contributed by atoms with van der Waals surface area (Å²) in [6.45, 7) is 2.95. The van der Waals surface area contributed by atoms with Gasteiger partial charge in [-0.05, 0) is 18.6 Å². The third-order valence-electron chi connectivity index (χ3n) is 4.30. The third-order valence-corrected chi connectivity index (χ3v) is 5.05. The molecule has 1 aromatic carbocycles. The van der Waals surface area contributed by atoms with Gasteiger partial charge in [0.2, 0.25) is 5.91 Å². The van der Waals surface area contributed by atoms with E-state index in [9.17, 15) is 9.59 Å². The molecular weight excluding hydrogens is 324 g/mol. The van der Waals surface area contributed by atoms with Crippen LogP contribution in [0.25, 0.3) is 4.96 Å². The first-order chi connectivity index (χ1) is 11.6. The molecule has 0 fully saturated rings. The van der Waals surface area contributed by atoms with Crippen molar-refractivity contribution in [1.29, 1.82) is 0 Å². The summed E-state index contributed by atoms with van der Waals surface area (Å²) < 4.78 is 1.53. The van der Waals surface area contributed by atoms with E-state index >= 15 is 0 Å². The van der Waals surface area contributed by atoms with Crippen molar-refractivity contribution >= 4 is 27.9 Å². The van der Waals surface area contributed by atoms with Gasteiger partial charge in [0, 0.05) is 36.4 Å². The van der Waals surface area contributed by atoms with E-state index in [1.807, 2.05) is 41.5 Å². The monoisotopic (exact) mass is 340 g/mol. The van der Waals surface area contributed by atoms with Gasteiger partial charge < -0.3 is 5.32 Å². The lowest BCUT2D eigenvalue weighted by Crippen LogP contribution is -2.39. The molecule has 24 heavy (non-hydrogen) atoms. The van der Waals surface area contributed by atoms with Crippen LogP contribution in [-0.4, -0.2) is 26.2 Å². The van der Waals surface area contributed by atoms with E-state index in [1.165, 1.54) is 15.7 Å². The van der Waals surface area contributed by atoms with Gasteiger partial charge in [-0.15, -0.1) is 11.3 Å². The molecule has 0 radical (unpaired) electrons. The zero-order valence-corrected chi connectivity index (χ0v) is 13.9. The zero-order valence-electron chi connectivity index (χ0n) is 13.1. The molecule has 0 saturated heterocycles. The number of anilines is 1. The first-order valence-electron chi connectivity index (χ1n) is 7.70. The number of nitrogens with one attached hydrogen (secondary N) is 1. The quantitative estimate of drug-likeness (QED) is 0.776. The fraction of sp³-hybridized carbons (Fsp3) is 0.235. The Labute approximate surface area is 142 Å². The van der Waals surface area contributed by atoms with Crippen molar-refractivity contribution < 1.29 is 4.79 Å². The number of benzene rings is 1. The number of aromatic nitrogens is 2. The Hall–Kier alpha value is -2.51. The maximum atomic E-state index is 12.4. The molecule has 0 bridgehead atoms. The highest BCUT2D eigenvalue weighted by molar-refractivity contribution is 7.15.